The highest BCUT2D eigenvalue weighted by Crippen LogP contribution is 2.28. The predicted molar refractivity (Wildman–Crippen MR) is 84.0 cm³/mol. The van der Waals surface area contributed by atoms with Crippen LogP contribution in [-0.4, -0.2) is 71.7 Å². The summed E-state index contributed by atoms with van der Waals surface area (Å²) in [4.78, 5) is 27.4. The minimum Gasteiger partial charge on any atom is -0.480 e. The number of amides is 1. The molecule has 0 aromatic heterocycles. The van der Waals surface area contributed by atoms with Gasteiger partial charge in [0.1, 0.15) is 5.54 Å². The van der Waals surface area contributed by atoms with E-state index in [1.165, 1.54) is 12.1 Å². The lowest BCUT2D eigenvalue weighted by molar-refractivity contribution is -0.153. The average molecular weight is 354 g/mol. The number of carboxylic acid groups (broad SMARTS) is 1. The average Bonchev–Trinajstić information content (AvgIpc) is 3.10. The number of carboxylic acids is 1. The van der Waals surface area contributed by atoms with E-state index >= 15 is 0 Å². The minimum atomic E-state index is -1.02. The van der Waals surface area contributed by atoms with Crippen molar-refractivity contribution in [3.8, 4) is 0 Å². The summed E-state index contributed by atoms with van der Waals surface area (Å²) in [5.41, 5.74) is -0.997. The Hall–Kier alpha value is -2.06. The van der Waals surface area contributed by atoms with Crippen molar-refractivity contribution in [1.82, 2.24) is 9.80 Å². The molecule has 136 valence electrons. The summed E-state index contributed by atoms with van der Waals surface area (Å²) < 4.78 is 32.2. The molecule has 25 heavy (non-hydrogen) atoms. The molecule has 2 heterocycles. The van der Waals surface area contributed by atoms with Crippen molar-refractivity contribution in [2.75, 3.05) is 39.4 Å². The van der Waals surface area contributed by atoms with Gasteiger partial charge >= 0.3 is 5.97 Å². The Balaban J connectivity index is 1.61. The molecule has 1 atom stereocenters. The van der Waals surface area contributed by atoms with Crippen molar-refractivity contribution in [3.05, 3.63) is 35.4 Å². The van der Waals surface area contributed by atoms with Crippen LogP contribution < -0.4 is 0 Å². The fourth-order valence-corrected chi connectivity index (χ4v) is 3.45. The molecular formula is C17H20F2N2O4. The lowest BCUT2D eigenvalue weighted by Crippen LogP contribution is -2.62. The number of benzene rings is 1. The van der Waals surface area contributed by atoms with Gasteiger partial charge in [-0.25, -0.2) is 8.78 Å². The van der Waals surface area contributed by atoms with Crippen molar-refractivity contribution in [1.29, 1.82) is 0 Å². The molecule has 0 aliphatic carbocycles. The number of piperazine rings is 1. The van der Waals surface area contributed by atoms with Gasteiger partial charge < -0.3 is 14.7 Å². The first kappa shape index (κ1) is 17.8. The Bertz CT molecular complexity index is 669. The standard InChI is InChI=1S/C17H20F2N2O4/c18-13-3-1-2-12(15(13)19)10-14(22)20-5-7-21(8-6-20)17(16(23)24)4-9-25-11-17/h1-3H,4-11H2,(H,23,24). The van der Waals surface area contributed by atoms with E-state index in [-0.39, 0.29) is 24.5 Å². The normalized spacial score (nSPS) is 24.5. The molecular weight excluding hydrogens is 334 g/mol. The zero-order chi connectivity index (χ0) is 18.0. The zero-order valence-electron chi connectivity index (χ0n) is 13.7. The van der Waals surface area contributed by atoms with Gasteiger partial charge in [-0.05, 0) is 6.07 Å². The molecule has 2 fully saturated rings. The lowest BCUT2D eigenvalue weighted by Gasteiger charge is -2.42. The van der Waals surface area contributed by atoms with E-state index in [1.54, 1.807) is 4.90 Å². The summed E-state index contributed by atoms with van der Waals surface area (Å²) in [7, 11) is 0. The number of aliphatic carboxylic acids is 1. The molecule has 1 amide bonds. The van der Waals surface area contributed by atoms with E-state index in [2.05, 4.69) is 0 Å². The van der Waals surface area contributed by atoms with Crippen LogP contribution in [0.5, 0.6) is 0 Å². The fourth-order valence-electron chi connectivity index (χ4n) is 3.45. The van der Waals surface area contributed by atoms with E-state index < -0.39 is 23.1 Å². The topological polar surface area (TPSA) is 70.1 Å². The monoisotopic (exact) mass is 354 g/mol. The predicted octanol–water partition coefficient (Wildman–Crippen LogP) is 0.895. The second-order valence-electron chi connectivity index (χ2n) is 6.40. The van der Waals surface area contributed by atoms with Crippen LogP contribution in [0.3, 0.4) is 0 Å². The summed E-state index contributed by atoms with van der Waals surface area (Å²) in [6.07, 6.45) is 0.210. The Kier molecular flexibility index (Phi) is 5.01. The van der Waals surface area contributed by atoms with Crippen LogP contribution in [0.4, 0.5) is 8.78 Å². The first-order chi connectivity index (χ1) is 11.9. The van der Waals surface area contributed by atoms with Crippen LogP contribution in [0.2, 0.25) is 0 Å². The van der Waals surface area contributed by atoms with Crippen LogP contribution >= 0.6 is 0 Å². The molecule has 0 spiro atoms. The largest absolute Gasteiger partial charge is 0.480 e. The molecule has 1 aromatic rings. The van der Waals surface area contributed by atoms with E-state index in [4.69, 9.17) is 4.74 Å². The van der Waals surface area contributed by atoms with Crippen molar-refractivity contribution in [2.24, 2.45) is 0 Å². The van der Waals surface area contributed by atoms with Crippen LogP contribution in [0.15, 0.2) is 18.2 Å². The van der Waals surface area contributed by atoms with Gasteiger partial charge in [-0.3, -0.25) is 14.5 Å². The minimum absolute atomic E-state index is 0.0265. The summed E-state index contributed by atoms with van der Waals surface area (Å²) in [5, 5.41) is 9.56. The third kappa shape index (κ3) is 3.36. The van der Waals surface area contributed by atoms with Crippen molar-refractivity contribution in [3.63, 3.8) is 0 Å². The van der Waals surface area contributed by atoms with Crippen LogP contribution in [0, 0.1) is 11.6 Å². The Morgan fingerprint density at radius 1 is 1.20 bits per heavy atom. The quantitative estimate of drug-likeness (QED) is 0.870. The molecule has 1 aromatic carbocycles. The number of rotatable bonds is 4. The zero-order valence-corrected chi connectivity index (χ0v) is 13.7. The highest BCUT2D eigenvalue weighted by atomic mass is 19.2. The summed E-state index contributed by atoms with van der Waals surface area (Å²) in [6, 6.07) is 3.77. The molecule has 0 bridgehead atoms. The van der Waals surface area contributed by atoms with Gasteiger partial charge in [-0.1, -0.05) is 12.1 Å². The van der Waals surface area contributed by atoms with E-state index in [9.17, 15) is 23.5 Å². The highest BCUT2D eigenvalue weighted by molar-refractivity contribution is 5.80. The number of halogens is 2. The molecule has 0 saturated carbocycles. The van der Waals surface area contributed by atoms with Gasteiger partial charge in [-0.15, -0.1) is 0 Å². The number of hydrogen-bond acceptors (Lipinski definition) is 4. The van der Waals surface area contributed by atoms with Gasteiger partial charge in [0.05, 0.1) is 13.0 Å². The molecule has 3 rings (SSSR count). The molecule has 6 nitrogen and oxygen atoms in total. The lowest BCUT2D eigenvalue weighted by atomic mass is 9.95. The second kappa shape index (κ2) is 7.05. The number of ether oxygens (including phenoxy) is 1. The number of carbonyl (C=O) groups is 2. The maximum absolute atomic E-state index is 13.7. The van der Waals surface area contributed by atoms with Crippen LogP contribution in [0.1, 0.15) is 12.0 Å². The maximum atomic E-state index is 13.7. The third-order valence-corrected chi connectivity index (χ3v) is 5.01. The summed E-state index contributed by atoms with van der Waals surface area (Å²) in [5.74, 6) is -3.18. The van der Waals surface area contributed by atoms with Crippen molar-refractivity contribution < 1.29 is 28.2 Å². The molecule has 1 N–H and O–H groups in total. The molecule has 1 unspecified atom stereocenters. The third-order valence-electron chi connectivity index (χ3n) is 5.01. The number of nitrogens with zero attached hydrogens (tertiary/aromatic N) is 2. The van der Waals surface area contributed by atoms with E-state index in [0.29, 0.717) is 39.2 Å². The maximum Gasteiger partial charge on any atom is 0.326 e. The van der Waals surface area contributed by atoms with Crippen LogP contribution in [-0.2, 0) is 20.7 Å². The van der Waals surface area contributed by atoms with Crippen LogP contribution in [0.25, 0.3) is 0 Å². The van der Waals surface area contributed by atoms with Gasteiger partial charge in [0, 0.05) is 44.8 Å². The van der Waals surface area contributed by atoms with Gasteiger partial charge in [-0.2, -0.15) is 0 Å². The van der Waals surface area contributed by atoms with Crippen molar-refractivity contribution >= 4 is 11.9 Å². The van der Waals surface area contributed by atoms with E-state index in [0.717, 1.165) is 6.07 Å². The second-order valence-corrected chi connectivity index (χ2v) is 6.40. The first-order valence-corrected chi connectivity index (χ1v) is 8.21. The highest BCUT2D eigenvalue weighted by Gasteiger charge is 2.48. The first-order valence-electron chi connectivity index (χ1n) is 8.21. The Labute approximate surface area is 144 Å². The van der Waals surface area contributed by atoms with Gasteiger partial charge in [0.2, 0.25) is 5.91 Å². The van der Waals surface area contributed by atoms with Gasteiger partial charge in [0.25, 0.3) is 0 Å². The molecule has 2 aliphatic rings. The number of hydrogen-bond donors (Lipinski definition) is 1. The fraction of sp³-hybridized carbons (Fsp3) is 0.529. The molecule has 2 saturated heterocycles. The van der Waals surface area contributed by atoms with Gasteiger partial charge in [0.15, 0.2) is 11.6 Å². The summed E-state index contributed by atoms with van der Waals surface area (Å²) in [6.45, 7) is 2.07. The molecule has 8 heteroatoms. The SMILES string of the molecule is O=C(Cc1cccc(F)c1F)N1CCN(C2(C(=O)O)CCOC2)CC1. The van der Waals surface area contributed by atoms with E-state index in [1.807, 2.05) is 4.90 Å². The number of carbonyl (C=O) groups excluding carboxylic acids is 1. The van der Waals surface area contributed by atoms with Crippen molar-refractivity contribution in [2.45, 2.75) is 18.4 Å². The molecule has 0 radical (unpaired) electrons. The Morgan fingerprint density at radius 3 is 2.52 bits per heavy atom. The smallest absolute Gasteiger partial charge is 0.326 e. The molecule has 2 aliphatic heterocycles. The Morgan fingerprint density at radius 2 is 1.92 bits per heavy atom. The summed E-state index contributed by atoms with van der Waals surface area (Å²) >= 11 is 0.